The van der Waals surface area contributed by atoms with Crippen molar-refractivity contribution in [1.82, 2.24) is 5.32 Å². The first-order chi connectivity index (χ1) is 11.9. The Balaban J connectivity index is 1.91. The molecular weight excluding hydrogens is 320 g/mol. The lowest BCUT2D eigenvalue weighted by atomic mass is 10.0. The number of rotatable bonds is 7. The fourth-order valence-electron chi connectivity index (χ4n) is 2.21. The number of ether oxygens (including phenoxy) is 1. The number of carbonyl (C=O) groups is 2. The van der Waals surface area contributed by atoms with E-state index in [2.05, 4.69) is 10.6 Å². The Morgan fingerprint density at radius 2 is 1.60 bits per heavy atom. The van der Waals surface area contributed by atoms with E-state index in [0.29, 0.717) is 11.4 Å². The number of carboxylic acid groups (broad SMARTS) is 1. The van der Waals surface area contributed by atoms with Crippen LogP contribution in [0.5, 0.6) is 11.5 Å². The monoisotopic (exact) mass is 342 g/mol. The van der Waals surface area contributed by atoms with Gasteiger partial charge in [0, 0.05) is 11.7 Å². The van der Waals surface area contributed by atoms with Gasteiger partial charge in [0.05, 0.1) is 6.42 Å². The predicted molar refractivity (Wildman–Crippen MR) is 96.0 cm³/mol. The summed E-state index contributed by atoms with van der Waals surface area (Å²) >= 11 is 0. The summed E-state index contributed by atoms with van der Waals surface area (Å²) in [5.41, 5.74) is 0.593. The summed E-state index contributed by atoms with van der Waals surface area (Å²) in [7, 11) is 0. The number of para-hydroxylation sites is 1. The first kappa shape index (κ1) is 18.3. The molecule has 0 spiro atoms. The zero-order valence-electron chi connectivity index (χ0n) is 14.2. The average Bonchev–Trinajstić information content (AvgIpc) is 2.56. The van der Waals surface area contributed by atoms with Crippen LogP contribution in [0.25, 0.3) is 0 Å². The second kappa shape index (κ2) is 8.73. The number of hydrogen-bond acceptors (Lipinski definition) is 3. The second-order valence-electron chi connectivity index (χ2n) is 5.99. The van der Waals surface area contributed by atoms with Crippen molar-refractivity contribution in [2.24, 2.45) is 5.92 Å². The minimum Gasteiger partial charge on any atom is -0.481 e. The third-order valence-corrected chi connectivity index (χ3v) is 3.61. The van der Waals surface area contributed by atoms with Crippen molar-refractivity contribution >= 4 is 17.7 Å². The van der Waals surface area contributed by atoms with Crippen molar-refractivity contribution in [3.8, 4) is 11.5 Å². The molecule has 132 valence electrons. The predicted octanol–water partition coefficient (Wildman–Crippen LogP) is 4.10. The number of aliphatic carboxylic acids is 1. The van der Waals surface area contributed by atoms with Crippen molar-refractivity contribution in [3.63, 3.8) is 0 Å². The number of nitrogens with one attached hydrogen (secondary N) is 2. The molecule has 2 aromatic rings. The molecule has 0 saturated heterocycles. The fraction of sp³-hybridized carbons (Fsp3) is 0.263. The maximum absolute atomic E-state index is 12.0. The van der Waals surface area contributed by atoms with Gasteiger partial charge >= 0.3 is 12.0 Å². The van der Waals surface area contributed by atoms with Gasteiger partial charge in [0.1, 0.15) is 11.5 Å². The molecule has 2 amide bonds. The highest BCUT2D eigenvalue weighted by atomic mass is 16.5. The highest BCUT2D eigenvalue weighted by molar-refractivity contribution is 5.89. The number of anilines is 1. The lowest BCUT2D eigenvalue weighted by Gasteiger charge is -2.20. The Morgan fingerprint density at radius 1 is 1.00 bits per heavy atom. The quantitative estimate of drug-likeness (QED) is 0.707. The van der Waals surface area contributed by atoms with Crippen molar-refractivity contribution < 1.29 is 19.4 Å². The van der Waals surface area contributed by atoms with Crippen LogP contribution in [0.2, 0.25) is 0 Å². The van der Waals surface area contributed by atoms with Gasteiger partial charge in [-0.2, -0.15) is 0 Å². The maximum Gasteiger partial charge on any atom is 0.319 e. The minimum atomic E-state index is -0.943. The zero-order chi connectivity index (χ0) is 18.2. The van der Waals surface area contributed by atoms with E-state index < -0.39 is 18.0 Å². The van der Waals surface area contributed by atoms with Crippen molar-refractivity contribution in [2.45, 2.75) is 26.3 Å². The van der Waals surface area contributed by atoms with Crippen LogP contribution in [-0.2, 0) is 4.79 Å². The van der Waals surface area contributed by atoms with Gasteiger partial charge in [-0.25, -0.2) is 4.79 Å². The summed E-state index contributed by atoms with van der Waals surface area (Å²) in [4.78, 5) is 22.9. The molecule has 6 nitrogen and oxygen atoms in total. The highest BCUT2D eigenvalue weighted by Gasteiger charge is 2.19. The van der Waals surface area contributed by atoms with Crippen LogP contribution in [0.3, 0.4) is 0 Å². The van der Waals surface area contributed by atoms with Crippen molar-refractivity contribution in [3.05, 3.63) is 54.6 Å². The summed E-state index contributed by atoms with van der Waals surface area (Å²) in [6, 6.07) is 15.5. The van der Waals surface area contributed by atoms with Gasteiger partial charge in [0.25, 0.3) is 0 Å². The third kappa shape index (κ3) is 6.18. The van der Waals surface area contributed by atoms with Gasteiger partial charge in [-0.15, -0.1) is 0 Å². The molecule has 1 atom stereocenters. The molecule has 0 aliphatic heterocycles. The molecule has 0 fully saturated rings. The molecular formula is C19H22N2O4. The summed E-state index contributed by atoms with van der Waals surface area (Å²) in [6.07, 6.45) is -0.116. The van der Waals surface area contributed by atoms with Gasteiger partial charge in [-0.3, -0.25) is 4.79 Å². The van der Waals surface area contributed by atoms with E-state index in [-0.39, 0.29) is 12.3 Å². The first-order valence-corrected chi connectivity index (χ1v) is 8.06. The smallest absolute Gasteiger partial charge is 0.319 e. The van der Waals surface area contributed by atoms with E-state index in [4.69, 9.17) is 9.84 Å². The third-order valence-electron chi connectivity index (χ3n) is 3.61. The Morgan fingerprint density at radius 3 is 2.16 bits per heavy atom. The van der Waals surface area contributed by atoms with Crippen LogP contribution in [0.15, 0.2) is 54.6 Å². The molecule has 2 rings (SSSR count). The van der Waals surface area contributed by atoms with E-state index >= 15 is 0 Å². The van der Waals surface area contributed by atoms with Crippen LogP contribution in [0, 0.1) is 5.92 Å². The molecule has 1 unspecified atom stereocenters. The number of carbonyl (C=O) groups excluding carboxylic acids is 1. The average molecular weight is 342 g/mol. The minimum absolute atomic E-state index is 0.0171. The number of hydrogen-bond donors (Lipinski definition) is 3. The van der Waals surface area contributed by atoms with Crippen LogP contribution >= 0.6 is 0 Å². The molecule has 0 aliphatic carbocycles. The Bertz CT molecular complexity index is 699. The molecule has 0 aliphatic rings. The SMILES string of the molecule is CC(C)C(CC(=O)O)NC(=O)Nc1ccc(Oc2ccccc2)cc1. The maximum atomic E-state index is 12.0. The standard InChI is InChI=1S/C19H22N2O4/c1-13(2)17(12-18(22)23)21-19(24)20-14-8-10-16(11-9-14)25-15-6-4-3-5-7-15/h3-11,13,17H,12H2,1-2H3,(H,22,23)(H2,20,21,24). The summed E-state index contributed by atoms with van der Waals surface area (Å²) in [5.74, 6) is 0.461. The largest absolute Gasteiger partial charge is 0.481 e. The van der Waals surface area contributed by atoms with Crippen LogP contribution < -0.4 is 15.4 Å². The highest BCUT2D eigenvalue weighted by Crippen LogP contribution is 2.22. The molecule has 3 N–H and O–H groups in total. The zero-order valence-corrected chi connectivity index (χ0v) is 14.2. The number of carboxylic acids is 1. The van der Waals surface area contributed by atoms with E-state index in [0.717, 1.165) is 5.75 Å². The van der Waals surface area contributed by atoms with Crippen LogP contribution in [0.4, 0.5) is 10.5 Å². The molecule has 6 heteroatoms. The molecule has 0 radical (unpaired) electrons. The molecule has 2 aromatic carbocycles. The molecule has 0 heterocycles. The Kier molecular flexibility index (Phi) is 6.39. The number of benzene rings is 2. The molecule has 25 heavy (non-hydrogen) atoms. The van der Waals surface area contributed by atoms with Gasteiger partial charge in [-0.05, 0) is 42.3 Å². The Labute approximate surface area is 146 Å². The lowest BCUT2D eigenvalue weighted by Crippen LogP contribution is -2.42. The van der Waals surface area contributed by atoms with E-state index in [1.807, 2.05) is 44.2 Å². The Hall–Kier alpha value is -3.02. The normalized spacial score (nSPS) is 11.6. The molecule has 0 aromatic heterocycles. The van der Waals surface area contributed by atoms with Gasteiger partial charge < -0.3 is 20.5 Å². The van der Waals surface area contributed by atoms with Gasteiger partial charge in [-0.1, -0.05) is 32.0 Å². The van der Waals surface area contributed by atoms with E-state index in [9.17, 15) is 9.59 Å². The van der Waals surface area contributed by atoms with E-state index in [1.165, 1.54) is 0 Å². The number of urea groups is 1. The van der Waals surface area contributed by atoms with Crippen LogP contribution in [-0.4, -0.2) is 23.1 Å². The second-order valence-corrected chi connectivity index (χ2v) is 5.99. The first-order valence-electron chi connectivity index (χ1n) is 8.06. The van der Waals surface area contributed by atoms with Crippen LogP contribution in [0.1, 0.15) is 20.3 Å². The van der Waals surface area contributed by atoms with Gasteiger partial charge in [0.2, 0.25) is 0 Å². The van der Waals surface area contributed by atoms with Crippen molar-refractivity contribution in [1.29, 1.82) is 0 Å². The summed E-state index contributed by atoms with van der Waals surface area (Å²) in [5, 5.41) is 14.3. The molecule has 0 bridgehead atoms. The molecule has 0 saturated carbocycles. The topological polar surface area (TPSA) is 87.7 Å². The number of amides is 2. The van der Waals surface area contributed by atoms with Gasteiger partial charge in [0.15, 0.2) is 0 Å². The fourth-order valence-corrected chi connectivity index (χ4v) is 2.21. The summed E-state index contributed by atoms with van der Waals surface area (Å²) < 4.78 is 5.68. The summed E-state index contributed by atoms with van der Waals surface area (Å²) in [6.45, 7) is 3.73. The lowest BCUT2D eigenvalue weighted by molar-refractivity contribution is -0.137. The van der Waals surface area contributed by atoms with E-state index in [1.54, 1.807) is 24.3 Å². The van der Waals surface area contributed by atoms with Crippen molar-refractivity contribution in [2.75, 3.05) is 5.32 Å².